The first-order valence-electron chi connectivity index (χ1n) is 11.2. The van der Waals surface area contributed by atoms with E-state index in [4.69, 9.17) is 0 Å². The number of amides is 1. The Morgan fingerprint density at radius 1 is 1.06 bits per heavy atom. The Balaban J connectivity index is 1.66. The van der Waals surface area contributed by atoms with E-state index in [0.29, 0.717) is 16.9 Å². The first-order valence-corrected chi connectivity index (χ1v) is 12.2. The molecule has 1 aromatic heterocycles. The highest BCUT2D eigenvalue weighted by Crippen LogP contribution is 2.46. The maximum absolute atomic E-state index is 14.8. The highest BCUT2D eigenvalue weighted by atomic mass is 32.2. The molecule has 3 aliphatic rings. The third-order valence-corrected chi connectivity index (χ3v) is 8.03. The largest absolute Gasteiger partial charge is 0.502 e. The standard InChI is InChI=1S/C25H20F3N3O3S/c26-15-5-6-16-14(11-15)13-35-19-4-2-1-3-17(19)21(16)31-20-12-25(27,28)8-10-29(20)24(34)22-23(33)18(32)7-9-30(22)31/h1-7,9,11,20-21,33H,8,10,12-13H2/t20-,21+/m1/s1. The molecule has 180 valence electrons. The van der Waals surface area contributed by atoms with Crippen LogP contribution in [0.2, 0.25) is 0 Å². The van der Waals surface area contributed by atoms with Crippen LogP contribution in [0.25, 0.3) is 0 Å². The number of hydrogen-bond acceptors (Lipinski definition) is 5. The van der Waals surface area contributed by atoms with Crippen LogP contribution in [0.1, 0.15) is 46.1 Å². The Kier molecular flexibility index (Phi) is 4.93. The summed E-state index contributed by atoms with van der Waals surface area (Å²) in [6.07, 6.45) is -0.851. The van der Waals surface area contributed by atoms with Gasteiger partial charge in [-0.2, -0.15) is 0 Å². The van der Waals surface area contributed by atoms with Gasteiger partial charge in [-0.05, 0) is 34.9 Å². The van der Waals surface area contributed by atoms with E-state index >= 15 is 0 Å². The van der Waals surface area contributed by atoms with E-state index in [1.807, 2.05) is 24.3 Å². The summed E-state index contributed by atoms with van der Waals surface area (Å²) in [5.41, 5.74) is 1.21. The summed E-state index contributed by atoms with van der Waals surface area (Å²) in [5, 5.41) is 12.2. The lowest BCUT2D eigenvalue weighted by Crippen LogP contribution is -2.66. The summed E-state index contributed by atoms with van der Waals surface area (Å²) in [7, 11) is 0. The number of thioether (sulfide) groups is 1. The number of carbonyl (C=O) groups excluding carboxylic acids is 1. The van der Waals surface area contributed by atoms with E-state index in [-0.39, 0.29) is 12.2 Å². The zero-order chi connectivity index (χ0) is 24.5. The van der Waals surface area contributed by atoms with E-state index in [1.54, 1.807) is 11.1 Å². The second-order valence-corrected chi connectivity index (χ2v) is 9.98. The van der Waals surface area contributed by atoms with Crippen molar-refractivity contribution in [3.8, 4) is 5.75 Å². The lowest BCUT2D eigenvalue weighted by Gasteiger charge is -2.52. The smallest absolute Gasteiger partial charge is 0.278 e. The van der Waals surface area contributed by atoms with Gasteiger partial charge in [0.2, 0.25) is 5.43 Å². The SMILES string of the molecule is O=C1c2c(O)c(=O)ccn2N([C@H]2c3ccc(F)cc3CSc3ccccc32)[C@@H]2CC(F)(F)CCN12. The average Bonchev–Trinajstić information content (AvgIpc) is 2.98. The van der Waals surface area contributed by atoms with E-state index in [1.165, 1.54) is 39.7 Å². The number of halogens is 3. The van der Waals surface area contributed by atoms with Crippen molar-refractivity contribution in [1.82, 2.24) is 9.58 Å². The van der Waals surface area contributed by atoms with Crippen molar-refractivity contribution in [3.05, 3.63) is 93.2 Å². The predicted molar refractivity (Wildman–Crippen MR) is 124 cm³/mol. The van der Waals surface area contributed by atoms with Gasteiger partial charge in [0.25, 0.3) is 11.8 Å². The Bertz CT molecular complexity index is 1430. The molecule has 0 unspecified atom stereocenters. The van der Waals surface area contributed by atoms with Gasteiger partial charge in [-0.1, -0.05) is 24.3 Å². The van der Waals surface area contributed by atoms with Crippen molar-refractivity contribution in [3.63, 3.8) is 0 Å². The molecule has 1 fully saturated rings. The second kappa shape index (κ2) is 7.81. The van der Waals surface area contributed by atoms with Crippen LogP contribution in [-0.4, -0.2) is 39.2 Å². The number of pyridine rings is 1. The highest BCUT2D eigenvalue weighted by molar-refractivity contribution is 7.98. The number of rotatable bonds is 1. The molecule has 3 aromatic rings. The molecule has 1 N–H and O–H groups in total. The lowest BCUT2D eigenvalue weighted by atomic mass is 9.91. The molecule has 1 amide bonds. The van der Waals surface area contributed by atoms with E-state index in [2.05, 4.69) is 0 Å². The minimum Gasteiger partial charge on any atom is -0.502 e. The van der Waals surface area contributed by atoms with E-state index in [0.717, 1.165) is 16.5 Å². The molecular formula is C25H20F3N3O3S. The summed E-state index contributed by atoms with van der Waals surface area (Å²) in [4.78, 5) is 27.8. The zero-order valence-corrected chi connectivity index (χ0v) is 19.1. The molecular weight excluding hydrogens is 479 g/mol. The maximum atomic E-state index is 14.8. The van der Waals surface area contributed by atoms with Crippen molar-refractivity contribution in [1.29, 1.82) is 0 Å². The minimum absolute atomic E-state index is 0.227. The average molecular weight is 500 g/mol. The number of carbonyl (C=O) groups is 1. The van der Waals surface area contributed by atoms with Crippen molar-refractivity contribution < 1.29 is 23.1 Å². The van der Waals surface area contributed by atoms with Gasteiger partial charge in [0.15, 0.2) is 11.4 Å². The van der Waals surface area contributed by atoms with Crippen LogP contribution in [0.3, 0.4) is 0 Å². The molecule has 0 aliphatic carbocycles. The van der Waals surface area contributed by atoms with Gasteiger partial charge in [-0.3, -0.25) is 19.3 Å². The van der Waals surface area contributed by atoms with Gasteiger partial charge in [0.05, 0.1) is 12.5 Å². The number of nitrogens with zero attached hydrogens (tertiary/aromatic N) is 3. The van der Waals surface area contributed by atoms with Gasteiger partial charge in [-0.25, -0.2) is 13.2 Å². The fourth-order valence-corrected chi connectivity index (χ4v) is 6.36. The summed E-state index contributed by atoms with van der Waals surface area (Å²) in [6.45, 7) is -0.227. The van der Waals surface area contributed by atoms with Gasteiger partial charge < -0.3 is 10.0 Å². The fraction of sp³-hybridized carbons (Fsp3) is 0.280. The third-order valence-electron chi connectivity index (χ3n) is 6.89. The minimum atomic E-state index is -3.01. The molecule has 0 spiro atoms. The summed E-state index contributed by atoms with van der Waals surface area (Å²) in [5.74, 6) is -4.35. The summed E-state index contributed by atoms with van der Waals surface area (Å²) < 4.78 is 45.1. The van der Waals surface area contributed by atoms with Crippen LogP contribution in [0.15, 0.2) is 64.4 Å². The molecule has 10 heteroatoms. The number of fused-ring (bicyclic) bond motifs is 4. The Morgan fingerprint density at radius 3 is 2.69 bits per heavy atom. The molecule has 0 bridgehead atoms. The quantitative estimate of drug-likeness (QED) is 0.543. The Hall–Kier alpha value is -3.40. The van der Waals surface area contributed by atoms with Crippen molar-refractivity contribution in [2.24, 2.45) is 0 Å². The monoisotopic (exact) mass is 499 g/mol. The second-order valence-electron chi connectivity index (χ2n) is 8.96. The molecule has 1 saturated heterocycles. The molecule has 35 heavy (non-hydrogen) atoms. The fourth-order valence-electron chi connectivity index (χ4n) is 5.28. The molecule has 0 saturated carbocycles. The normalized spacial score (nSPS) is 22.5. The van der Waals surface area contributed by atoms with E-state index < -0.39 is 53.9 Å². The highest BCUT2D eigenvalue weighted by Gasteiger charge is 2.51. The molecule has 6 rings (SSSR count). The predicted octanol–water partition coefficient (Wildman–Crippen LogP) is 4.24. The third kappa shape index (κ3) is 3.42. The number of benzene rings is 2. The molecule has 4 heterocycles. The van der Waals surface area contributed by atoms with Gasteiger partial charge in [0, 0.05) is 35.9 Å². The summed E-state index contributed by atoms with van der Waals surface area (Å²) >= 11 is 1.51. The molecule has 6 nitrogen and oxygen atoms in total. The van der Waals surface area contributed by atoms with Crippen LogP contribution in [0, 0.1) is 5.82 Å². The molecule has 2 aromatic carbocycles. The van der Waals surface area contributed by atoms with Crippen molar-refractivity contribution >= 4 is 17.7 Å². The summed E-state index contributed by atoms with van der Waals surface area (Å²) in [6, 6.07) is 12.3. The Morgan fingerprint density at radius 2 is 1.86 bits per heavy atom. The van der Waals surface area contributed by atoms with Gasteiger partial charge in [-0.15, -0.1) is 11.8 Å². The number of piperidine rings is 1. The van der Waals surface area contributed by atoms with Crippen LogP contribution in [-0.2, 0) is 5.75 Å². The van der Waals surface area contributed by atoms with Gasteiger partial charge >= 0.3 is 0 Å². The van der Waals surface area contributed by atoms with Crippen LogP contribution in [0.5, 0.6) is 5.75 Å². The molecule has 0 radical (unpaired) electrons. The molecule has 3 aliphatic heterocycles. The van der Waals surface area contributed by atoms with E-state index in [9.17, 15) is 27.9 Å². The maximum Gasteiger partial charge on any atom is 0.278 e. The topological polar surface area (TPSA) is 65.8 Å². The lowest BCUT2D eigenvalue weighted by molar-refractivity contribution is -0.0785. The number of aromatic hydroxyl groups is 1. The first-order chi connectivity index (χ1) is 16.7. The number of hydrogen-bond donors (Lipinski definition) is 1. The van der Waals surface area contributed by atoms with Crippen LogP contribution in [0.4, 0.5) is 13.2 Å². The van der Waals surface area contributed by atoms with Crippen molar-refractivity contribution in [2.45, 2.75) is 41.6 Å². The molecule has 2 atom stereocenters. The van der Waals surface area contributed by atoms with Crippen LogP contribution >= 0.6 is 11.8 Å². The van der Waals surface area contributed by atoms with Crippen molar-refractivity contribution in [2.75, 3.05) is 11.6 Å². The van der Waals surface area contributed by atoms with Crippen LogP contribution < -0.4 is 10.4 Å². The van der Waals surface area contributed by atoms with Gasteiger partial charge in [0.1, 0.15) is 12.0 Å². The number of alkyl halides is 2. The number of aromatic nitrogens is 1. The Labute approximate surface area is 202 Å². The zero-order valence-electron chi connectivity index (χ0n) is 18.3. The first kappa shape index (κ1) is 22.1.